The maximum Gasteiger partial charge on any atom is 0.572 e. The van der Waals surface area contributed by atoms with Crippen LogP contribution in [0.3, 0.4) is 0 Å². The Morgan fingerprint density at radius 2 is 1.83 bits per heavy atom. The van der Waals surface area contributed by atoms with Crippen molar-refractivity contribution in [3.63, 3.8) is 0 Å². The molecule has 1 nitrogen and oxygen atoms in total. The smallest absolute Gasteiger partial charge is 0.411 e. The average Bonchev–Trinajstić information content (AvgIpc) is 2.33. The van der Waals surface area contributed by atoms with Crippen molar-refractivity contribution < 1.29 is 17.9 Å². The largest absolute Gasteiger partial charge is 0.572 e. The van der Waals surface area contributed by atoms with Gasteiger partial charge in [0.25, 0.3) is 0 Å². The zero-order valence-electron chi connectivity index (χ0n) is 10.1. The molecule has 0 aliphatic rings. The number of allylic oxidation sites excluding steroid dienone is 3. The van der Waals surface area contributed by atoms with Crippen LogP contribution in [0.1, 0.15) is 25.3 Å². The van der Waals surface area contributed by atoms with Crippen LogP contribution in [0.15, 0.2) is 48.7 Å². The molecular weight excluding hydrogens is 241 g/mol. The second-order valence-corrected chi connectivity index (χ2v) is 3.77. The molecular formula is C14H15F3O. The third kappa shape index (κ3) is 5.08. The molecule has 0 saturated heterocycles. The van der Waals surface area contributed by atoms with Gasteiger partial charge < -0.3 is 4.74 Å². The van der Waals surface area contributed by atoms with Crippen molar-refractivity contribution in [1.29, 1.82) is 0 Å². The summed E-state index contributed by atoms with van der Waals surface area (Å²) in [6, 6.07) is 9.36. The molecule has 18 heavy (non-hydrogen) atoms. The molecule has 1 rings (SSSR count). The summed E-state index contributed by atoms with van der Waals surface area (Å²) in [4.78, 5) is 0. The second-order valence-electron chi connectivity index (χ2n) is 3.77. The number of halogens is 3. The molecule has 0 N–H and O–H groups in total. The van der Waals surface area contributed by atoms with E-state index < -0.39 is 6.36 Å². The zero-order chi connectivity index (χ0) is 13.6. The SMILES string of the molecule is C=C(CC/C(=C\C)OC(F)(F)F)c1ccccc1. The Hall–Kier alpha value is -1.71. The monoisotopic (exact) mass is 256 g/mol. The minimum absolute atomic E-state index is 0.0837. The number of ether oxygens (including phenoxy) is 1. The lowest BCUT2D eigenvalue weighted by Gasteiger charge is -2.13. The van der Waals surface area contributed by atoms with Gasteiger partial charge in [-0.25, -0.2) is 0 Å². The highest BCUT2D eigenvalue weighted by atomic mass is 19.4. The average molecular weight is 256 g/mol. The summed E-state index contributed by atoms with van der Waals surface area (Å²) in [6.07, 6.45) is -2.69. The van der Waals surface area contributed by atoms with Crippen LogP contribution in [0.5, 0.6) is 0 Å². The van der Waals surface area contributed by atoms with E-state index in [1.165, 1.54) is 13.0 Å². The topological polar surface area (TPSA) is 9.23 Å². The Morgan fingerprint density at radius 3 is 2.33 bits per heavy atom. The lowest BCUT2D eigenvalue weighted by Crippen LogP contribution is -2.12. The molecule has 0 fully saturated rings. The van der Waals surface area contributed by atoms with E-state index in [-0.39, 0.29) is 12.2 Å². The Morgan fingerprint density at radius 1 is 1.22 bits per heavy atom. The number of benzene rings is 1. The van der Waals surface area contributed by atoms with Crippen molar-refractivity contribution in [3.8, 4) is 0 Å². The van der Waals surface area contributed by atoms with Crippen LogP contribution < -0.4 is 0 Å². The van der Waals surface area contributed by atoms with Gasteiger partial charge in [-0.1, -0.05) is 36.9 Å². The lowest BCUT2D eigenvalue weighted by atomic mass is 10.0. The van der Waals surface area contributed by atoms with Gasteiger partial charge in [-0.05, 0) is 30.6 Å². The van der Waals surface area contributed by atoms with E-state index in [1.807, 2.05) is 30.3 Å². The number of alkyl halides is 3. The molecule has 0 saturated carbocycles. The van der Waals surface area contributed by atoms with Gasteiger partial charge >= 0.3 is 6.36 Å². The summed E-state index contributed by atoms with van der Waals surface area (Å²) < 4.78 is 40.1. The third-order valence-electron chi connectivity index (χ3n) is 2.42. The van der Waals surface area contributed by atoms with Crippen LogP contribution in [0.25, 0.3) is 5.57 Å². The first-order valence-electron chi connectivity index (χ1n) is 5.56. The number of hydrogen-bond donors (Lipinski definition) is 0. The van der Waals surface area contributed by atoms with Crippen LogP contribution in [-0.2, 0) is 4.74 Å². The summed E-state index contributed by atoms with van der Waals surface area (Å²) in [5.74, 6) is -0.0837. The van der Waals surface area contributed by atoms with Crippen LogP contribution >= 0.6 is 0 Å². The first kappa shape index (κ1) is 14.4. The summed E-state index contributed by atoms with van der Waals surface area (Å²) in [6.45, 7) is 5.38. The van der Waals surface area contributed by atoms with E-state index in [0.717, 1.165) is 11.1 Å². The fourth-order valence-electron chi connectivity index (χ4n) is 1.50. The molecule has 4 heteroatoms. The molecule has 98 valence electrons. The summed E-state index contributed by atoms with van der Waals surface area (Å²) in [5, 5.41) is 0. The molecule has 1 aromatic rings. The van der Waals surface area contributed by atoms with Crippen molar-refractivity contribution in [2.45, 2.75) is 26.1 Å². The molecule has 0 atom stereocenters. The van der Waals surface area contributed by atoms with E-state index in [4.69, 9.17) is 0 Å². The van der Waals surface area contributed by atoms with E-state index in [2.05, 4.69) is 11.3 Å². The molecule has 0 spiro atoms. The summed E-state index contributed by atoms with van der Waals surface area (Å²) in [5.41, 5.74) is 1.72. The quantitative estimate of drug-likeness (QED) is 0.679. The molecule has 1 aromatic carbocycles. The van der Waals surface area contributed by atoms with E-state index >= 15 is 0 Å². The molecule has 0 bridgehead atoms. The molecule has 0 heterocycles. The normalized spacial score (nSPS) is 12.3. The molecule has 0 aliphatic heterocycles. The minimum atomic E-state index is -4.63. The second kappa shape index (κ2) is 6.28. The number of hydrogen-bond acceptors (Lipinski definition) is 1. The van der Waals surface area contributed by atoms with Crippen molar-refractivity contribution >= 4 is 5.57 Å². The van der Waals surface area contributed by atoms with Gasteiger partial charge in [-0.15, -0.1) is 13.2 Å². The highest BCUT2D eigenvalue weighted by molar-refractivity contribution is 5.63. The van der Waals surface area contributed by atoms with E-state index in [0.29, 0.717) is 6.42 Å². The summed E-state index contributed by atoms with van der Waals surface area (Å²) in [7, 11) is 0. The van der Waals surface area contributed by atoms with Crippen LogP contribution in [0, 0.1) is 0 Å². The molecule has 0 amide bonds. The minimum Gasteiger partial charge on any atom is -0.411 e. The Bertz CT molecular complexity index is 418. The Balaban J connectivity index is 2.52. The Labute approximate surface area is 105 Å². The van der Waals surface area contributed by atoms with Crippen LogP contribution in [-0.4, -0.2) is 6.36 Å². The highest BCUT2D eigenvalue weighted by Gasteiger charge is 2.31. The highest BCUT2D eigenvalue weighted by Crippen LogP contribution is 2.26. The van der Waals surface area contributed by atoms with Gasteiger partial charge in [-0.3, -0.25) is 0 Å². The van der Waals surface area contributed by atoms with Crippen molar-refractivity contribution in [2.24, 2.45) is 0 Å². The van der Waals surface area contributed by atoms with Crippen molar-refractivity contribution in [2.75, 3.05) is 0 Å². The maximum absolute atomic E-state index is 12.1. The molecule has 0 unspecified atom stereocenters. The van der Waals surface area contributed by atoms with Crippen LogP contribution in [0.4, 0.5) is 13.2 Å². The fraction of sp³-hybridized carbons (Fsp3) is 0.286. The van der Waals surface area contributed by atoms with Gasteiger partial charge in [0.15, 0.2) is 0 Å². The Kier molecular flexibility index (Phi) is 5.01. The van der Waals surface area contributed by atoms with Gasteiger partial charge in [0.2, 0.25) is 0 Å². The predicted octanol–water partition coefficient (Wildman–Crippen LogP) is 4.92. The van der Waals surface area contributed by atoms with E-state index in [9.17, 15) is 13.2 Å². The fourth-order valence-corrected chi connectivity index (χ4v) is 1.50. The maximum atomic E-state index is 12.1. The van der Waals surface area contributed by atoms with Gasteiger partial charge in [0, 0.05) is 6.42 Å². The third-order valence-corrected chi connectivity index (χ3v) is 2.42. The lowest BCUT2D eigenvalue weighted by molar-refractivity contribution is -0.306. The van der Waals surface area contributed by atoms with Crippen molar-refractivity contribution in [1.82, 2.24) is 0 Å². The van der Waals surface area contributed by atoms with Gasteiger partial charge in [0.1, 0.15) is 5.76 Å². The number of rotatable bonds is 5. The van der Waals surface area contributed by atoms with Crippen molar-refractivity contribution in [3.05, 3.63) is 54.3 Å². The zero-order valence-corrected chi connectivity index (χ0v) is 10.1. The van der Waals surface area contributed by atoms with Gasteiger partial charge in [0.05, 0.1) is 0 Å². The summed E-state index contributed by atoms with van der Waals surface area (Å²) >= 11 is 0. The van der Waals surface area contributed by atoms with Crippen LogP contribution in [0.2, 0.25) is 0 Å². The predicted molar refractivity (Wildman–Crippen MR) is 65.6 cm³/mol. The first-order chi connectivity index (χ1) is 8.42. The molecule has 0 radical (unpaired) electrons. The van der Waals surface area contributed by atoms with E-state index in [1.54, 1.807) is 0 Å². The molecule has 0 aliphatic carbocycles. The van der Waals surface area contributed by atoms with Gasteiger partial charge in [-0.2, -0.15) is 0 Å². The molecule has 0 aromatic heterocycles. The standard InChI is InChI=1S/C14H15F3O/c1-3-13(18-14(15,16)17)10-9-11(2)12-7-5-4-6-8-12/h3-8H,2,9-10H2,1H3/b13-3+. The first-order valence-corrected chi connectivity index (χ1v) is 5.56.